The molecule has 0 spiro atoms. The van der Waals surface area contributed by atoms with E-state index in [4.69, 9.17) is 9.39 Å². The largest absolute Gasteiger partial charge is 0.497 e. The van der Waals surface area contributed by atoms with Crippen LogP contribution in [0.3, 0.4) is 0 Å². The van der Waals surface area contributed by atoms with Crippen molar-refractivity contribution in [3.8, 4) is 5.75 Å². The lowest BCUT2D eigenvalue weighted by atomic mass is 9.76. The van der Waals surface area contributed by atoms with Crippen LogP contribution >= 0.6 is 0 Å². The van der Waals surface area contributed by atoms with Gasteiger partial charge in [-0.3, -0.25) is 0 Å². The minimum Gasteiger partial charge on any atom is -0.497 e. The lowest BCUT2D eigenvalue weighted by Crippen LogP contribution is -2.45. The number of hydrogen-bond acceptors (Lipinski definition) is 3. The Kier molecular flexibility index (Phi) is 5.89. The van der Waals surface area contributed by atoms with E-state index in [1.54, 1.807) is 13.2 Å². The first-order chi connectivity index (χ1) is 8.90. The Bertz CT molecular complexity index is 393. The van der Waals surface area contributed by atoms with Gasteiger partial charge in [-0.15, -0.1) is 0 Å². The standard InChI is InChI=1S/C15H25BO3/c1-6-8-12(2)15(3,4)19-16(17)13-9-7-10-14(11-13)18-5/h7,9-12,17H,6,8H2,1-5H3. The van der Waals surface area contributed by atoms with Crippen LogP contribution in [0.4, 0.5) is 0 Å². The molecule has 0 aliphatic carbocycles. The molecule has 0 amide bonds. The highest BCUT2D eigenvalue weighted by atomic mass is 16.5. The quantitative estimate of drug-likeness (QED) is 0.769. The molecular formula is C15H25BO3. The number of ether oxygens (including phenoxy) is 1. The van der Waals surface area contributed by atoms with E-state index < -0.39 is 7.12 Å². The molecule has 0 saturated carbocycles. The zero-order chi connectivity index (χ0) is 14.5. The molecule has 0 aromatic heterocycles. The zero-order valence-electron chi connectivity index (χ0n) is 12.6. The summed E-state index contributed by atoms with van der Waals surface area (Å²) in [5, 5.41) is 10.2. The van der Waals surface area contributed by atoms with Crippen molar-refractivity contribution in [1.82, 2.24) is 0 Å². The first kappa shape index (κ1) is 16.1. The molecule has 106 valence electrons. The molecule has 0 fully saturated rings. The van der Waals surface area contributed by atoms with E-state index in [1.165, 1.54) is 0 Å². The van der Waals surface area contributed by atoms with Gasteiger partial charge in [0.25, 0.3) is 0 Å². The zero-order valence-corrected chi connectivity index (χ0v) is 12.6. The van der Waals surface area contributed by atoms with E-state index in [1.807, 2.05) is 32.0 Å². The molecule has 1 N–H and O–H groups in total. The van der Waals surface area contributed by atoms with Crippen LogP contribution in [-0.4, -0.2) is 24.9 Å². The second-order valence-corrected chi connectivity index (χ2v) is 5.54. The monoisotopic (exact) mass is 264 g/mol. The molecule has 0 aliphatic heterocycles. The summed E-state index contributed by atoms with van der Waals surface area (Å²) in [4.78, 5) is 0. The van der Waals surface area contributed by atoms with E-state index in [0.717, 1.165) is 24.1 Å². The van der Waals surface area contributed by atoms with Crippen molar-refractivity contribution in [3.05, 3.63) is 24.3 Å². The van der Waals surface area contributed by atoms with Gasteiger partial charge in [0.05, 0.1) is 12.7 Å². The summed E-state index contributed by atoms with van der Waals surface area (Å²) in [6, 6.07) is 7.34. The molecule has 0 radical (unpaired) electrons. The molecule has 19 heavy (non-hydrogen) atoms. The van der Waals surface area contributed by atoms with Crippen molar-refractivity contribution < 1.29 is 14.4 Å². The van der Waals surface area contributed by atoms with Crippen molar-refractivity contribution in [3.63, 3.8) is 0 Å². The lowest BCUT2D eigenvalue weighted by Gasteiger charge is -2.33. The Hall–Kier alpha value is -0.995. The fraction of sp³-hybridized carbons (Fsp3) is 0.600. The second-order valence-electron chi connectivity index (χ2n) is 5.54. The highest BCUT2D eigenvalue weighted by Gasteiger charge is 2.32. The topological polar surface area (TPSA) is 38.7 Å². The van der Waals surface area contributed by atoms with Crippen molar-refractivity contribution in [2.24, 2.45) is 5.92 Å². The van der Waals surface area contributed by atoms with Crippen molar-refractivity contribution in [1.29, 1.82) is 0 Å². The molecule has 4 heteroatoms. The number of methoxy groups -OCH3 is 1. The van der Waals surface area contributed by atoms with E-state index in [-0.39, 0.29) is 5.60 Å². The van der Waals surface area contributed by atoms with E-state index in [2.05, 4.69) is 13.8 Å². The summed E-state index contributed by atoms with van der Waals surface area (Å²) in [5.41, 5.74) is 0.356. The van der Waals surface area contributed by atoms with Crippen molar-refractivity contribution >= 4 is 12.6 Å². The average molecular weight is 264 g/mol. The van der Waals surface area contributed by atoms with Gasteiger partial charge in [0.2, 0.25) is 0 Å². The van der Waals surface area contributed by atoms with Gasteiger partial charge in [-0.2, -0.15) is 0 Å². The molecule has 0 bridgehead atoms. The number of hydrogen-bond donors (Lipinski definition) is 1. The Morgan fingerprint density at radius 1 is 1.37 bits per heavy atom. The normalized spacial score (nSPS) is 13.2. The smallest absolute Gasteiger partial charge is 0.491 e. The van der Waals surface area contributed by atoms with Gasteiger partial charge in [-0.1, -0.05) is 32.4 Å². The van der Waals surface area contributed by atoms with Crippen LogP contribution in [0.15, 0.2) is 24.3 Å². The molecule has 1 aromatic rings. The molecule has 3 nitrogen and oxygen atoms in total. The number of rotatable bonds is 7. The molecular weight excluding hydrogens is 239 g/mol. The van der Waals surface area contributed by atoms with Crippen LogP contribution in [-0.2, 0) is 4.65 Å². The van der Waals surface area contributed by atoms with Gasteiger partial charge in [0, 0.05) is 0 Å². The Morgan fingerprint density at radius 2 is 2.05 bits per heavy atom. The van der Waals surface area contributed by atoms with Crippen LogP contribution in [0.2, 0.25) is 0 Å². The molecule has 1 unspecified atom stereocenters. The van der Waals surface area contributed by atoms with Crippen molar-refractivity contribution in [2.75, 3.05) is 7.11 Å². The third-order valence-electron chi connectivity index (χ3n) is 3.70. The minimum atomic E-state index is -0.926. The molecule has 0 aliphatic rings. The van der Waals surface area contributed by atoms with Gasteiger partial charge in [0.15, 0.2) is 0 Å². The van der Waals surface area contributed by atoms with Gasteiger partial charge in [-0.25, -0.2) is 0 Å². The predicted molar refractivity (Wildman–Crippen MR) is 79.8 cm³/mol. The second kappa shape index (κ2) is 6.97. The van der Waals surface area contributed by atoms with Crippen LogP contribution in [0.1, 0.15) is 40.5 Å². The van der Waals surface area contributed by atoms with Crippen LogP contribution in [0.5, 0.6) is 5.75 Å². The van der Waals surface area contributed by atoms with Crippen molar-refractivity contribution in [2.45, 2.75) is 46.1 Å². The summed E-state index contributed by atoms with van der Waals surface area (Å²) < 4.78 is 11.0. The van der Waals surface area contributed by atoms with Crippen LogP contribution < -0.4 is 10.2 Å². The van der Waals surface area contributed by atoms with Gasteiger partial charge in [-0.05, 0) is 43.8 Å². The number of benzene rings is 1. The fourth-order valence-electron chi connectivity index (χ4n) is 2.05. The van der Waals surface area contributed by atoms with Crippen LogP contribution in [0, 0.1) is 5.92 Å². The summed E-state index contributed by atoms with van der Waals surface area (Å²) in [6.45, 7) is 8.36. The van der Waals surface area contributed by atoms with Gasteiger partial charge >= 0.3 is 7.12 Å². The SMILES string of the molecule is CCCC(C)C(C)(C)OB(O)c1cccc(OC)c1. The summed E-state index contributed by atoms with van der Waals surface area (Å²) in [7, 11) is 0.684. The summed E-state index contributed by atoms with van der Waals surface area (Å²) in [5.74, 6) is 1.11. The highest BCUT2D eigenvalue weighted by Crippen LogP contribution is 2.25. The third kappa shape index (κ3) is 4.55. The predicted octanol–water partition coefficient (Wildman–Crippen LogP) is 2.61. The van der Waals surface area contributed by atoms with E-state index in [0.29, 0.717) is 5.92 Å². The van der Waals surface area contributed by atoms with E-state index >= 15 is 0 Å². The molecule has 0 heterocycles. The Labute approximate surface area is 117 Å². The maximum atomic E-state index is 10.2. The minimum absolute atomic E-state index is 0.363. The van der Waals surface area contributed by atoms with Gasteiger partial charge < -0.3 is 14.4 Å². The summed E-state index contributed by atoms with van der Waals surface area (Å²) >= 11 is 0. The Morgan fingerprint density at radius 3 is 2.63 bits per heavy atom. The van der Waals surface area contributed by atoms with Gasteiger partial charge in [0.1, 0.15) is 5.75 Å². The first-order valence-corrected chi connectivity index (χ1v) is 6.90. The van der Waals surface area contributed by atoms with E-state index in [9.17, 15) is 5.02 Å². The third-order valence-corrected chi connectivity index (χ3v) is 3.70. The maximum absolute atomic E-state index is 10.2. The lowest BCUT2D eigenvalue weighted by molar-refractivity contribution is 0.0310. The Balaban J connectivity index is 2.74. The molecule has 1 rings (SSSR count). The molecule has 1 aromatic carbocycles. The fourth-order valence-corrected chi connectivity index (χ4v) is 2.05. The summed E-state index contributed by atoms with van der Waals surface area (Å²) in [6.07, 6.45) is 2.20. The van der Waals surface area contributed by atoms with Crippen LogP contribution in [0.25, 0.3) is 0 Å². The first-order valence-electron chi connectivity index (χ1n) is 6.90. The maximum Gasteiger partial charge on any atom is 0.491 e. The average Bonchev–Trinajstić information content (AvgIpc) is 2.38. The molecule has 1 atom stereocenters. The highest BCUT2D eigenvalue weighted by molar-refractivity contribution is 6.60. The molecule has 0 saturated heterocycles.